The predicted octanol–water partition coefficient (Wildman–Crippen LogP) is 3.61. The molecule has 2 rings (SSSR count). The Balaban J connectivity index is 2.43. The number of ether oxygens (including phenoxy) is 1. The van der Waals surface area contributed by atoms with E-state index < -0.39 is 47.1 Å². The Bertz CT molecular complexity index is 784. The molecule has 11 heteroatoms. The van der Waals surface area contributed by atoms with Gasteiger partial charge in [-0.1, -0.05) is 24.3 Å². The van der Waals surface area contributed by atoms with E-state index >= 15 is 0 Å². The van der Waals surface area contributed by atoms with Crippen LogP contribution in [0.15, 0.2) is 36.4 Å². The summed E-state index contributed by atoms with van der Waals surface area (Å²) >= 11 is 0. The molecule has 8 N–H and O–H groups in total. The second-order valence-electron chi connectivity index (χ2n) is 6.20. The van der Waals surface area contributed by atoms with Crippen molar-refractivity contribution in [2.45, 2.75) is 24.6 Å². The fourth-order valence-corrected chi connectivity index (χ4v) is 2.93. The third-order valence-electron chi connectivity index (χ3n) is 4.34. The fraction of sp³-hybridized carbons (Fsp3) is 0.333. The molecule has 2 atom stereocenters. The van der Waals surface area contributed by atoms with Crippen molar-refractivity contribution in [2.24, 2.45) is 11.5 Å². The minimum atomic E-state index is -4.70. The fourth-order valence-electron chi connectivity index (χ4n) is 2.93. The Morgan fingerprint density at radius 3 is 1.31 bits per heavy atom. The van der Waals surface area contributed by atoms with E-state index in [4.69, 9.17) is 27.7 Å². The number of hydrogen-bond acceptors (Lipinski definition) is 5. The molecule has 2 unspecified atom stereocenters. The predicted molar refractivity (Wildman–Crippen MR) is 96.4 cm³/mol. The summed E-state index contributed by atoms with van der Waals surface area (Å²) in [5, 5.41) is 0. The Hall–Kier alpha value is -2.50. The van der Waals surface area contributed by atoms with Crippen LogP contribution in [0.3, 0.4) is 0 Å². The van der Waals surface area contributed by atoms with Crippen molar-refractivity contribution >= 4 is 11.4 Å². The van der Waals surface area contributed by atoms with Crippen molar-refractivity contribution in [3.63, 3.8) is 0 Å². The van der Waals surface area contributed by atoms with E-state index in [0.29, 0.717) is 0 Å². The van der Waals surface area contributed by atoms with Crippen molar-refractivity contribution in [3.8, 4) is 0 Å². The van der Waals surface area contributed by atoms with Gasteiger partial charge in [-0.05, 0) is 12.1 Å². The highest BCUT2D eigenvalue weighted by molar-refractivity contribution is 5.57. The van der Waals surface area contributed by atoms with Crippen molar-refractivity contribution in [3.05, 3.63) is 58.7 Å². The first kappa shape index (κ1) is 22.8. The zero-order chi connectivity index (χ0) is 22.0. The van der Waals surface area contributed by atoms with Gasteiger partial charge in [0.15, 0.2) is 0 Å². The van der Waals surface area contributed by atoms with E-state index in [2.05, 4.69) is 0 Å². The first-order valence-electron chi connectivity index (χ1n) is 8.38. The first-order valence-corrected chi connectivity index (χ1v) is 8.38. The molecule has 5 nitrogen and oxygen atoms in total. The van der Waals surface area contributed by atoms with Gasteiger partial charge in [0.1, 0.15) is 0 Å². The average Bonchev–Trinajstić information content (AvgIpc) is 2.62. The lowest BCUT2D eigenvalue weighted by Gasteiger charge is -2.27. The lowest BCUT2D eigenvalue weighted by atomic mass is 10.00. The summed E-state index contributed by atoms with van der Waals surface area (Å²) in [5.74, 6) is 0. The van der Waals surface area contributed by atoms with Gasteiger partial charge in [0.2, 0.25) is 0 Å². The van der Waals surface area contributed by atoms with Crippen LogP contribution in [0.4, 0.5) is 37.7 Å². The van der Waals surface area contributed by atoms with Crippen LogP contribution in [0.25, 0.3) is 0 Å². The molecule has 0 aliphatic rings. The van der Waals surface area contributed by atoms with Crippen LogP contribution in [0, 0.1) is 0 Å². The molecule has 0 saturated heterocycles. The Morgan fingerprint density at radius 1 is 0.690 bits per heavy atom. The maximum absolute atomic E-state index is 13.1. The quantitative estimate of drug-likeness (QED) is 0.420. The van der Waals surface area contributed by atoms with Gasteiger partial charge in [0, 0.05) is 35.6 Å². The minimum absolute atomic E-state index is 0.0497. The molecule has 0 fully saturated rings. The molecule has 0 bridgehead atoms. The molecule has 160 valence electrons. The summed E-state index contributed by atoms with van der Waals surface area (Å²) in [6.45, 7) is -0.582. The normalized spacial score (nSPS) is 14.6. The Kier molecular flexibility index (Phi) is 6.66. The van der Waals surface area contributed by atoms with Gasteiger partial charge in [-0.25, -0.2) is 0 Å². The molecular weight excluding hydrogens is 402 g/mol. The molecule has 0 radical (unpaired) electrons. The van der Waals surface area contributed by atoms with Gasteiger partial charge in [-0.15, -0.1) is 0 Å². The smallest absolute Gasteiger partial charge is 0.398 e. The molecule has 2 aromatic rings. The third kappa shape index (κ3) is 4.92. The van der Waals surface area contributed by atoms with Crippen LogP contribution in [-0.2, 0) is 17.1 Å². The molecule has 0 aliphatic carbocycles. The molecule has 0 heterocycles. The number of nitrogens with two attached hydrogens (primary N) is 4. The molecule has 2 aromatic carbocycles. The minimum Gasteiger partial charge on any atom is -0.398 e. The van der Waals surface area contributed by atoms with E-state index in [1.807, 2.05) is 0 Å². The number of anilines is 2. The lowest BCUT2D eigenvalue weighted by molar-refractivity contribution is -0.137. The van der Waals surface area contributed by atoms with E-state index in [0.717, 1.165) is 24.3 Å². The molecular formula is C18H20F6N4O. The number of hydrogen-bond donors (Lipinski definition) is 4. The Labute approximate surface area is 162 Å². The second-order valence-corrected chi connectivity index (χ2v) is 6.20. The molecule has 0 aliphatic heterocycles. The van der Waals surface area contributed by atoms with Gasteiger partial charge >= 0.3 is 12.4 Å². The van der Waals surface area contributed by atoms with Crippen molar-refractivity contribution < 1.29 is 31.1 Å². The summed E-state index contributed by atoms with van der Waals surface area (Å²) in [6, 6.07) is 6.47. The van der Waals surface area contributed by atoms with Gasteiger partial charge in [0.05, 0.1) is 23.3 Å². The SMILES string of the molecule is NCC(OC(CN)c1cccc(C(F)(F)F)c1N)c1cccc(C(F)(F)F)c1N. The maximum Gasteiger partial charge on any atom is 0.418 e. The molecule has 0 aromatic heterocycles. The molecule has 0 amide bonds. The van der Waals surface area contributed by atoms with Crippen LogP contribution in [0.1, 0.15) is 34.5 Å². The van der Waals surface area contributed by atoms with E-state index in [1.165, 1.54) is 12.1 Å². The van der Waals surface area contributed by atoms with Crippen LogP contribution in [0.5, 0.6) is 0 Å². The van der Waals surface area contributed by atoms with Crippen molar-refractivity contribution in [1.29, 1.82) is 0 Å². The van der Waals surface area contributed by atoms with Crippen LogP contribution >= 0.6 is 0 Å². The van der Waals surface area contributed by atoms with Gasteiger partial charge in [0.25, 0.3) is 0 Å². The number of rotatable bonds is 6. The second kappa shape index (κ2) is 8.47. The summed E-state index contributed by atoms with van der Waals surface area (Å²) in [4.78, 5) is 0. The Morgan fingerprint density at radius 2 is 1.03 bits per heavy atom. The highest BCUT2D eigenvalue weighted by Crippen LogP contribution is 2.40. The van der Waals surface area contributed by atoms with E-state index in [-0.39, 0.29) is 24.2 Å². The van der Waals surface area contributed by atoms with Crippen molar-refractivity contribution in [1.82, 2.24) is 0 Å². The van der Waals surface area contributed by atoms with Crippen LogP contribution in [-0.4, -0.2) is 13.1 Å². The molecule has 0 spiro atoms. The van der Waals surface area contributed by atoms with Crippen molar-refractivity contribution in [2.75, 3.05) is 24.6 Å². The number of halogens is 6. The summed E-state index contributed by atoms with van der Waals surface area (Å²) in [7, 11) is 0. The van der Waals surface area contributed by atoms with Gasteiger partial charge < -0.3 is 27.7 Å². The third-order valence-corrected chi connectivity index (χ3v) is 4.34. The van der Waals surface area contributed by atoms with Crippen LogP contribution in [0.2, 0.25) is 0 Å². The summed E-state index contributed by atoms with van der Waals surface area (Å²) in [5.41, 5.74) is 19.2. The van der Waals surface area contributed by atoms with E-state index in [9.17, 15) is 26.3 Å². The summed E-state index contributed by atoms with van der Waals surface area (Å²) in [6.07, 6.45) is -11.7. The largest absolute Gasteiger partial charge is 0.418 e. The maximum atomic E-state index is 13.1. The summed E-state index contributed by atoms with van der Waals surface area (Å²) < 4.78 is 84.3. The zero-order valence-electron chi connectivity index (χ0n) is 15.0. The standard InChI is InChI=1S/C18H20F6N4O/c19-17(20,21)11-5-1-3-9(15(11)27)13(7-25)29-14(8-26)10-4-2-6-12(16(10)28)18(22,23)24/h1-6,13-14H,7-8,25-28H2. The van der Waals surface area contributed by atoms with Crippen LogP contribution < -0.4 is 22.9 Å². The lowest BCUT2D eigenvalue weighted by Crippen LogP contribution is -2.25. The number of alkyl halides is 6. The highest BCUT2D eigenvalue weighted by atomic mass is 19.4. The monoisotopic (exact) mass is 422 g/mol. The number of para-hydroxylation sites is 2. The molecule has 29 heavy (non-hydrogen) atoms. The topological polar surface area (TPSA) is 113 Å². The first-order chi connectivity index (χ1) is 13.4. The zero-order valence-corrected chi connectivity index (χ0v) is 15.0. The van der Waals surface area contributed by atoms with Gasteiger partial charge in [-0.3, -0.25) is 0 Å². The average molecular weight is 422 g/mol. The van der Waals surface area contributed by atoms with Gasteiger partial charge in [-0.2, -0.15) is 26.3 Å². The number of benzene rings is 2. The number of nitrogen functional groups attached to an aromatic ring is 2. The highest BCUT2D eigenvalue weighted by Gasteiger charge is 2.36. The van der Waals surface area contributed by atoms with E-state index in [1.54, 1.807) is 0 Å². The molecule has 0 saturated carbocycles.